The van der Waals surface area contributed by atoms with E-state index in [-0.39, 0.29) is 13.2 Å². The molecule has 0 rings (SSSR count). The maximum absolute atomic E-state index is 11.7. The Morgan fingerprint density at radius 1 is 1.05 bits per heavy atom. The van der Waals surface area contributed by atoms with Crippen LogP contribution in [0.5, 0.6) is 0 Å². The molecule has 0 aliphatic heterocycles. The normalized spacial score (nSPS) is 13.1. The zero-order valence-corrected chi connectivity index (χ0v) is 11.1. The summed E-state index contributed by atoms with van der Waals surface area (Å²) in [5.41, 5.74) is -1.38. The highest BCUT2D eigenvalue weighted by atomic mass is 19.1. The van der Waals surface area contributed by atoms with Gasteiger partial charge in [0, 0.05) is 6.92 Å². The first-order chi connectivity index (χ1) is 8.85. The van der Waals surface area contributed by atoms with Gasteiger partial charge in [0.25, 0.3) is 0 Å². The van der Waals surface area contributed by atoms with Gasteiger partial charge in [-0.15, -0.1) is 0 Å². The van der Waals surface area contributed by atoms with Crippen LogP contribution in [-0.4, -0.2) is 44.8 Å². The van der Waals surface area contributed by atoms with E-state index in [9.17, 15) is 18.8 Å². The first-order valence-corrected chi connectivity index (χ1v) is 5.52. The highest BCUT2D eigenvalue weighted by molar-refractivity contribution is 5.77. The van der Waals surface area contributed by atoms with Crippen LogP contribution >= 0.6 is 0 Å². The fraction of sp³-hybridized carbons (Fsp3) is 0.727. The second-order valence-electron chi connectivity index (χ2n) is 3.85. The van der Waals surface area contributed by atoms with E-state index >= 15 is 0 Å². The van der Waals surface area contributed by atoms with Gasteiger partial charge in [-0.1, -0.05) is 0 Å². The van der Waals surface area contributed by atoms with E-state index in [0.29, 0.717) is 0 Å². The smallest absolute Gasteiger partial charge is 0.465 e. The van der Waals surface area contributed by atoms with E-state index in [1.807, 2.05) is 0 Å². The van der Waals surface area contributed by atoms with Crippen LogP contribution in [0.4, 0.5) is 9.18 Å². The van der Waals surface area contributed by atoms with E-state index in [2.05, 4.69) is 9.47 Å². The monoisotopic (exact) mass is 280 g/mol. The van der Waals surface area contributed by atoms with Crippen molar-refractivity contribution in [1.82, 2.24) is 0 Å². The predicted octanol–water partition coefficient (Wildman–Crippen LogP) is 1.20. The standard InChI is InChI=1S/C11H17FO7/c1-4-16-9(14)11(3,5-17-8(2)13)6-18-10(15)19-7-12/h4-7H2,1-3H3. The fourth-order valence-corrected chi connectivity index (χ4v) is 1.03. The minimum atomic E-state index is -1.38. The number of hydrogen-bond donors (Lipinski definition) is 0. The summed E-state index contributed by atoms with van der Waals surface area (Å²) in [6.07, 6.45) is -1.26. The Labute approximate surface area is 109 Å². The van der Waals surface area contributed by atoms with Gasteiger partial charge in [0.1, 0.15) is 18.6 Å². The molecule has 0 aromatic heterocycles. The number of carbonyl (C=O) groups is 3. The Bertz CT molecular complexity index is 331. The summed E-state index contributed by atoms with van der Waals surface area (Å²) >= 11 is 0. The Balaban J connectivity index is 4.60. The third-order valence-corrected chi connectivity index (χ3v) is 2.04. The molecule has 0 saturated carbocycles. The van der Waals surface area contributed by atoms with Gasteiger partial charge in [-0.3, -0.25) is 9.59 Å². The number of carbonyl (C=O) groups excluding carboxylic acids is 3. The van der Waals surface area contributed by atoms with Gasteiger partial charge in [0.15, 0.2) is 0 Å². The summed E-state index contributed by atoms with van der Waals surface area (Å²) in [5.74, 6) is -1.30. The van der Waals surface area contributed by atoms with E-state index in [0.717, 1.165) is 0 Å². The van der Waals surface area contributed by atoms with Crippen LogP contribution in [0.1, 0.15) is 20.8 Å². The SMILES string of the molecule is CCOC(=O)C(C)(COC(C)=O)COC(=O)OCF. The van der Waals surface area contributed by atoms with Crippen molar-refractivity contribution in [2.45, 2.75) is 20.8 Å². The van der Waals surface area contributed by atoms with Crippen molar-refractivity contribution in [3.63, 3.8) is 0 Å². The number of halogens is 1. The van der Waals surface area contributed by atoms with Crippen molar-refractivity contribution < 1.29 is 37.7 Å². The molecule has 0 aromatic rings. The highest BCUT2D eigenvalue weighted by Gasteiger charge is 2.38. The molecule has 1 atom stereocenters. The molecule has 19 heavy (non-hydrogen) atoms. The van der Waals surface area contributed by atoms with E-state index in [1.165, 1.54) is 13.8 Å². The van der Waals surface area contributed by atoms with Gasteiger partial charge >= 0.3 is 18.1 Å². The molecule has 0 aliphatic rings. The van der Waals surface area contributed by atoms with Crippen molar-refractivity contribution in [3.05, 3.63) is 0 Å². The third-order valence-electron chi connectivity index (χ3n) is 2.04. The summed E-state index contributed by atoms with van der Waals surface area (Å²) in [7, 11) is 0. The molecule has 8 heteroatoms. The van der Waals surface area contributed by atoms with Gasteiger partial charge in [-0.2, -0.15) is 0 Å². The Kier molecular flexibility index (Phi) is 7.47. The zero-order valence-electron chi connectivity index (χ0n) is 11.1. The van der Waals surface area contributed by atoms with Gasteiger partial charge in [0.2, 0.25) is 6.86 Å². The van der Waals surface area contributed by atoms with Crippen LogP contribution in [0, 0.1) is 5.41 Å². The molecule has 0 N–H and O–H groups in total. The van der Waals surface area contributed by atoms with Crippen LogP contribution in [0.3, 0.4) is 0 Å². The molecule has 0 saturated heterocycles. The van der Waals surface area contributed by atoms with Crippen molar-refractivity contribution in [2.75, 3.05) is 26.7 Å². The summed E-state index contributed by atoms with van der Waals surface area (Å²) in [5, 5.41) is 0. The molecule has 0 spiro atoms. The maximum atomic E-state index is 11.7. The van der Waals surface area contributed by atoms with Crippen molar-refractivity contribution >= 4 is 18.1 Å². The summed E-state index contributed by atoms with van der Waals surface area (Å²) in [4.78, 5) is 33.3. The average Bonchev–Trinajstić information content (AvgIpc) is 2.34. The minimum absolute atomic E-state index is 0.115. The lowest BCUT2D eigenvalue weighted by molar-refractivity contribution is -0.165. The van der Waals surface area contributed by atoms with Crippen LogP contribution in [0.2, 0.25) is 0 Å². The highest BCUT2D eigenvalue weighted by Crippen LogP contribution is 2.20. The van der Waals surface area contributed by atoms with E-state index in [4.69, 9.17) is 9.47 Å². The molecule has 0 bridgehead atoms. The van der Waals surface area contributed by atoms with E-state index in [1.54, 1.807) is 6.92 Å². The molecular weight excluding hydrogens is 263 g/mol. The Morgan fingerprint density at radius 2 is 1.63 bits per heavy atom. The first-order valence-electron chi connectivity index (χ1n) is 5.52. The summed E-state index contributed by atoms with van der Waals surface area (Å²) < 4.78 is 29.7. The predicted molar refractivity (Wildman–Crippen MR) is 59.8 cm³/mol. The van der Waals surface area contributed by atoms with E-state index < -0.39 is 37.0 Å². The van der Waals surface area contributed by atoms with Crippen LogP contribution in [-0.2, 0) is 28.5 Å². The second kappa shape index (κ2) is 8.28. The van der Waals surface area contributed by atoms with Crippen molar-refractivity contribution in [1.29, 1.82) is 0 Å². The molecule has 0 aliphatic carbocycles. The Hall–Kier alpha value is -1.86. The lowest BCUT2D eigenvalue weighted by Gasteiger charge is -2.25. The fourth-order valence-electron chi connectivity index (χ4n) is 1.03. The lowest BCUT2D eigenvalue weighted by Crippen LogP contribution is -2.40. The number of hydrogen-bond acceptors (Lipinski definition) is 7. The molecule has 0 amide bonds. The number of esters is 2. The van der Waals surface area contributed by atoms with Crippen LogP contribution < -0.4 is 0 Å². The quantitative estimate of drug-likeness (QED) is 0.511. The maximum Gasteiger partial charge on any atom is 0.510 e. The zero-order chi connectivity index (χ0) is 14.9. The first kappa shape index (κ1) is 17.1. The lowest BCUT2D eigenvalue weighted by atomic mass is 9.93. The van der Waals surface area contributed by atoms with Crippen LogP contribution in [0.25, 0.3) is 0 Å². The molecule has 110 valence electrons. The molecule has 0 aromatic carbocycles. The molecular formula is C11H17FO7. The number of rotatable bonds is 7. The third kappa shape index (κ3) is 6.58. The largest absolute Gasteiger partial charge is 0.510 e. The molecule has 0 heterocycles. The summed E-state index contributed by atoms with van der Waals surface area (Å²) in [6.45, 7) is 2.15. The Morgan fingerprint density at radius 3 is 2.11 bits per heavy atom. The number of alkyl halides is 1. The van der Waals surface area contributed by atoms with Crippen molar-refractivity contribution in [3.8, 4) is 0 Å². The minimum Gasteiger partial charge on any atom is -0.465 e. The molecule has 7 nitrogen and oxygen atoms in total. The second-order valence-corrected chi connectivity index (χ2v) is 3.85. The topological polar surface area (TPSA) is 88.1 Å². The number of ether oxygens (including phenoxy) is 4. The van der Waals surface area contributed by atoms with Gasteiger partial charge < -0.3 is 18.9 Å². The molecule has 0 fully saturated rings. The van der Waals surface area contributed by atoms with Gasteiger partial charge in [0.05, 0.1) is 6.61 Å². The average molecular weight is 280 g/mol. The molecule has 0 radical (unpaired) electrons. The molecule has 1 unspecified atom stereocenters. The van der Waals surface area contributed by atoms with Crippen molar-refractivity contribution in [2.24, 2.45) is 5.41 Å². The van der Waals surface area contributed by atoms with Gasteiger partial charge in [-0.05, 0) is 13.8 Å². The van der Waals surface area contributed by atoms with Gasteiger partial charge in [-0.25, -0.2) is 9.18 Å². The summed E-state index contributed by atoms with van der Waals surface area (Å²) in [6, 6.07) is 0. The van der Waals surface area contributed by atoms with Crippen LogP contribution in [0.15, 0.2) is 0 Å².